The highest BCUT2D eigenvalue weighted by atomic mass is 16.2. The lowest BCUT2D eigenvalue weighted by Gasteiger charge is -2.41. The zero-order chi connectivity index (χ0) is 20.3. The second-order valence-corrected chi connectivity index (χ2v) is 8.19. The molecule has 0 saturated carbocycles. The van der Waals surface area contributed by atoms with Gasteiger partial charge in [0.05, 0.1) is 18.3 Å². The topological polar surface area (TPSA) is 50.2 Å². The van der Waals surface area contributed by atoms with Crippen LogP contribution in [0.15, 0.2) is 24.3 Å². The summed E-state index contributed by atoms with van der Waals surface area (Å²) in [5, 5.41) is 8.38. The summed E-state index contributed by atoms with van der Waals surface area (Å²) in [4.78, 5) is 14.3. The molecule has 3 rings (SSSR count). The molecule has 0 radical (unpaired) electrons. The zero-order valence-electron chi connectivity index (χ0n) is 18.0. The van der Waals surface area contributed by atoms with Crippen molar-refractivity contribution in [3.63, 3.8) is 0 Å². The smallest absolute Gasteiger partial charge is 0.219 e. The summed E-state index contributed by atoms with van der Waals surface area (Å²) in [6.07, 6.45) is 3.06. The standard InChI is InChI=1S/C23H34N4O/c1-16-8-10-21(11-9-16)15-23-22(7-6-13-26(23)20(5)28)24-12-14-27-19(4)17(2)18(3)25-27/h8-11,22-24H,6-7,12-15H2,1-5H3/t22-,23-/m0/s1. The van der Waals surface area contributed by atoms with Crippen molar-refractivity contribution in [2.24, 2.45) is 0 Å². The van der Waals surface area contributed by atoms with Crippen molar-refractivity contribution in [2.45, 2.75) is 72.5 Å². The number of nitrogens with zero attached hydrogens (tertiary/aromatic N) is 3. The molecule has 0 aliphatic carbocycles. The van der Waals surface area contributed by atoms with Crippen molar-refractivity contribution in [3.8, 4) is 0 Å². The molecule has 1 amide bonds. The summed E-state index contributed by atoms with van der Waals surface area (Å²) in [7, 11) is 0. The van der Waals surface area contributed by atoms with Gasteiger partial charge in [0, 0.05) is 31.7 Å². The van der Waals surface area contributed by atoms with E-state index in [-0.39, 0.29) is 11.9 Å². The summed E-state index contributed by atoms with van der Waals surface area (Å²) in [5.74, 6) is 0.179. The van der Waals surface area contributed by atoms with Crippen LogP contribution in [0.3, 0.4) is 0 Å². The summed E-state index contributed by atoms with van der Waals surface area (Å²) in [5.41, 5.74) is 6.19. The average Bonchev–Trinajstić information content (AvgIpc) is 2.91. The summed E-state index contributed by atoms with van der Waals surface area (Å²) in [6.45, 7) is 12.7. The van der Waals surface area contributed by atoms with Crippen LogP contribution >= 0.6 is 0 Å². The molecule has 1 aliphatic heterocycles. The van der Waals surface area contributed by atoms with Crippen molar-refractivity contribution in [1.82, 2.24) is 20.0 Å². The molecule has 28 heavy (non-hydrogen) atoms. The molecule has 1 aromatic heterocycles. The first-order valence-corrected chi connectivity index (χ1v) is 10.4. The number of aryl methyl sites for hydroxylation is 2. The van der Waals surface area contributed by atoms with Crippen LogP contribution in [-0.4, -0.2) is 45.8 Å². The number of carbonyl (C=O) groups excluding carboxylic acids is 1. The normalized spacial score (nSPS) is 19.8. The molecule has 2 atom stereocenters. The van der Waals surface area contributed by atoms with Crippen molar-refractivity contribution < 1.29 is 4.79 Å². The number of rotatable bonds is 6. The summed E-state index contributed by atoms with van der Waals surface area (Å²) in [6, 6.07) is 9.22. The largest absolute Gasteiger partial charge is 0.338 e. The molecule has 152 valence electrons. The Labute approximate surface area is 169 Å². The molecule has 0 bridgehead atoms. The number of amides is 1. The van der Waals surface area contributed by atoms with Crippen molar-refractivity contribution in [3.05, 3.63) is 52.3 Å². The summed E-state index contributed by atoms with van der Waals surface area (Å²) < 4.78 is 2.10. The van der Waals surface area contributed by atoms with E-state index in [1.165, 1.54) is 22.4 Å². The Balaban J connectivity index is 1.68. The molecule has 2 heterocycles. The lowest BCUT2D eigenvalue weighted by atomic mass is 9.90. The number of aromatic nitrogens is 2. The maximum absolute atomic E-state index is 12.3. The Morgan fingerprint density at radius 3 is 2.50 bits per heavy atom. The van der Waals surface area contributed by atoms with Gasteiger partial charge in [-0.2, -0.15) is 5.10 Å². The molecule has 1 N–H and O–H groups in total. The molecular weight excluding hydrogens is 348 g/mol. The first-order chi connectivity index (χ1) is 13.4. The third-order valence-electron chi connectivity index (χ3n) is 6.22. The summed E-state index contributed by atoms with van der Waals surface area (Å²) >= 11 is 0. The fourth-order valence-electron chi connectivity index (χ4n) is 4.26. The number of nitrogens with one attached hydrogen (secondary N) is 1. The van der Waals surface area contributed by atoms with Gasteiger partial charge in [-0.1, -0.05) is 29.8 Å². The van der Waals surface area contributed by atoms with Crippen molar-refractivity contribution in [1.29, 1.82) is 0 Å². The van der Waals surface area contributed by atoms with Gasteiger partial charge >= 0.3 is 0 Å². The predicted octanol–water partition coefficient (Wildman–Crippen LogP) is 3.33. The van der Waals surface area contributed by atoms with Crippen LogP contribution in [0.1, 0.15) is 47.8 Å². The molecule has 1 fully saturated rings. The van der Waals surface area contributed by atoms with E-state index in [2.05, 4.69) is 72.0 Å². The van der Waals surface area contributed by atoms with Crippen LogP contribution in [-0.2, 0) is 17.8 Å². The van der Waals surface area contributed by atoms with Gasteiger partial charge in [0.15, 0.2) is 0 Å². The van der Waals surface area contributed by atoms with Crippen molar-refractivity contribution >= 4 is 5.91 Å². The van der Waals surface area contributed by atoms with E-state index in [1.54, 1.807) is 6.92 Å². The van der Waals surface area contributed by atoms with E-state index in [9.17, 15) is 4.79 Å². The quantitative estimate of drug-likeness (QED) is 0.834. The van der Waals surface area contributed by atoms with Crippen LogP contribution < -0.4 is 5.32 Å². The Hall–Kier alpha value is -2.14. The Kier molecular flexibility index (Phi) is 6.55. The van der Waals surface area contributed by atoms with Gasteiger partial charge in [-0.05, 0) is 58.1 Å². The predicted molar refractivity (Wildman–Crippen MR) is 114 cm³/mol. The van der Waals surface area contributed by atoms with E-state index >= 15 is 0 Å². The SMILES string of the molecule is CC(=O)N1CCC[C@H](NCCn2nc(C)c(C)c2C)[C@@H]1Cc1ccc(C)cc1. The maximum Gasteiger partial charge on any atom is 0.219 e. The molecule has 1 aromatic carbocycles. The van der Waals surface area contributed by atoms with E-state index in [4.69, 9.17) is 0 Å². The highest BCUT2D eigenvalue weighted by molar-refractivity contribution is 5.73. The highest BCUT2D eigenvalue weighted by Gasteiger charge is 2.32. The van der Waals surface area contributed by atoms with E-state index in [0.29, 0.717) is 6.04 Å². The van der Waals surface area contributed by atoms with Gasteiger partial charge in [-0.15, -0.1) is 0 Å². The fourth-order valence-corrected chi connectivity index (χ4v) is 4.26. The van der Waals surface area contributed by atoms with E-state index in [0.717, 1.165) is 44.6 Å². The number of carbonyl (C=O) groups is 1. The Morgan fingerprint density at radius 1 is 1.18 bits per heavy atom. The number of likely N-dealkylation sites (tertiary alicyclic amines) is 1. The third kappa shape index (κ3) is 4.64. The lowest BCUT2D eigenvalue weighted by Crippen LogP contribution is -2.56. The minimum atomic E-state index is 0.179. The van der Waals surface area contributed by atoms with Crippen LogP contribution in [0, 0.1) is 27.7 Å². The number of benzene rings is 1. The fraction of sp³-hybridized carbons (Fsp3) is 0.565. The molecule has 0 spiro atoms. The van der Waals surface area contributed by atoms with Crippen LogP contribution in [0.5, 0.6) is 0 Å². The molecule has 1 aliphatic rings. The first kappa shape index (κ1) is 20.6. The lowest BCUT2D eigenvalue weighted by molar-refractivity contribution is -0.133. The van der Waals surface area contributed by atoms with Crippen molar-refractivity contribution in [2.75, 3.05) is 13.1 Å². The highest BCUT2D eigenvalue weighted by Crippen LogP contribution is 2.22. The first-order valence-electron chi connectivity index (χ1n) is 10.4. The molecule has 0 unspecified atom stereocenters. The second kappa shape index (κ2) is 8.91. The monoisotopic (exact) mass is 382 g/mol. The van der Waals surface area contributed by atoms with Gasteiger partial charge in [0.1, 0.15) is 0 Å². The Bertz CT molecular complexity index is 809. The van der Waals surface area contributed by atoms with Crippen LogP contribution in [0.2, 0.25) is 0 Å². The van der Waals surface area contributed by atoms with Crippen LogP contribution in [0.25, 0.3) is 0 Å². The zero-order valence-corrected chi connectivity index (χ0v) is 18.0. The van der Waals surface area contributed by atoms with Gasteiger partial charge in [-0.3, -0.25) is 9.48 Å². The van der Waals surface area contributed by atoms with Gasteiger partial charge in [0.2, 0.25) is 5.91 Å². The van der Waals surface area contributed by atoms with Crippen LogP contribution in [0.4, 0.5) is 0 Å². The molecule has 1 saturated heterocycles. The number of hydrogen-bond acceptors (Lipinski definition) is 3. The molecular formula is C23H34N4O. The number of hydrogen-bond donors (Lipinski definition) is 1. The third-order valence-corrected chi connectivity index (χ3v) is 6.22. The average molecular weight is 383 g/mol. The van der Waals surface area contributed by atoms with E-state index < -0.39 is 0 Å². The van der Waals surface area contributed by atoms with Gasteiger partial charge < -0.3 is 10.2 Å². The van der Waals surface area contributed by atoms with Gasteiger partial charge in [-0.25, -0.2) is 0 Å². The van der Waals surface area contributed by atoms with Gasteiger partial charge in [0.25, 0.3) is 0 Å². The number of piperidine rings is 1. The maximum atomic E-state index is 12.3. The molecule has 2 aromatic rings. The molecule has 5 nitrogen and oxygen atoms in total. The van der Waals surface area contributed by atoms with E-state index in [1.807, 2.05) is 0 Å². The second-order valence-electron chi connectivity index (χ2n) is 8.19. The molecule has 5 heteroatoms. The minimum Gasteiger partial charge on any atom is -0.338 e. The Morgan fingerprint density at radius 2 is 1.89 bits per heavy atom. The minimum absolute atomic E-state index is 0.179.